The number of phenols is 1. The number of carbonyl (C=O) groups excluding carboxylic acids is 1. The van der Waals surface area contributed by atoms with E-state index in [0.29, 0.717) is 0 Å². The van der Waals surface area contributed by atoms with Gasteiger partial charge in [0.25, 0.3) is 0 Å². The normalized spacial score (nSPS) is 18.4. The van der Waals surface area contributed by atoms with Gasteiger partial charge in [-0.15, -0.1) is 0 Å². The van der Waals surface area contributed by atoms with Crippen LogP contribution in [0.3, 0.4) is 0 Å². The van der Waals surface area contributed by atoms with Crippen LogP contribution in [0, 0.1) is 0 Å². The number of anilines is 1. The third kappa shape index (κ3) is 1.75. The number of Topliss-reactive ketones (excluding diaryl/α,β-unsaturated/α-hetero) is 1. The summed E-state index contributed by atoms with van der Waals surface area (Å²) in [6, 6.07) is 2.17. The Morgan fingerprint density at radius 3 is 2.72 bits per heavy atom. The van der Waals surface area contributed by atoms with Crippen molar-refractivity contribution in [3.8, 4) is 11.5 Å². The number of ether oxygens (including phenoxy) is 1. The first-order valence-electron chi connectivity index (χ1n) is 5.42. The minimum absolute atomic E-state index is 0.118. The summed E-state index contributed by atoms with van der Waals surface area (Å²) in [6.45, 7) is 1.65. The average Bonchev–Trinajstić information content (AvgIpc) is 2.27. The molecule has 6 heteroatoms. The lowest BCUT2D eigenvalue weighted by atomic mass is 9.95. The molecule has 0 aliphatic carbocycles. The molecule has 1 unspecified atom stereocenters. The Bertz CT molecular complexity index is 525. The van der Waals surface area contributed by atoms with Gasteiger partial charge in [-0.25, -0.2) is 4.79 Å². The minimum Gasteiger partial charge on any atom is -0.504 e. The van der Waals surface area contributed by atoms with Crippen LogP contribution < -0.4 is 9.64 Å². The van der Waals surface area contributed by atoms with Gasteiger partial charge in [-0.3, -0.25) is 9.69 Å². The molecule has 1 aromatic rings. The summed E-state index contributed by atoms with van der Waals surface area (Å²) >= 11 is 0. The van der Waals surface area contributed by atoms with Gasteiger partial charge in [0.1, 0.15) is 0 Å². The van der Waals surface area contributed by atoms with E-state index in [0.717, 1.165) is 4.90 Å². The van der Waals surface area contributed by atoms with Crippen LogP contribution in [0.5, 0.6) is 11.5 Å². The Hall–Kier alpha value is -2.24. The molecule has 2 rings (SSSR count). The van der Waals surface area contributed by atoms with E-state index in [2.05, 4.69) is 0 Å². The molecule has 1 heterocycles. The van der Waals surface area contributed by atoms with Gasteiger partial charge in [0.05, 0.1) is 12.8 Å². The van der Waals surface area contributed by atoms with Crippen molar-refractivity contribution in [1.29, 1.82) is 0 Å². The molecule has 1 amide bonds. The molecule has 2 N–H and O–H groups in total. The third-order valence-corrected chi connectivity index (χ3v) is 2.98. The van der Waals surface area contributed by atoms with Gasteiger partial charge in [-0.2, -0.15) is 0 Å². The number of benzene rings is 1. The Balaban J connectivity index is 2.63. The first kappa shape index (κ1) is 12.2. The van der Waals surface area contributed by atoms with E-state index < -0.39 is 12.1 Å². The monoisotopic (exact) mass is 251 g/mol. The fourth-order valence-electron chi connectivity index (χ4n) is 2.14. The van der Waals surface area contributed by atoms with Gasteiger partial charge >= 0.3 is 6.09 Å². The van der Waals surface area contributed by atoms with E-state index >= 15 is 0 Å². The van der Waals surface area contributed by atoms with E-state index in [-0.39, 0.29) is 35.0 Å². The number of hydrogen-bond acceptors (Lipinski definition) is 4. The van der Waals surface area contributed by atoms with E-state index in [9.17, 15) is 14.7 Å². The summed E-state index contributed by atoms with van der Waals surface area (Å²) < 4.78 is 4.91. The van der Waals surface area contributed by atoms with Gasteiger partial charge in [0, 0.05) is 24.1 Å². The largest absolute Gasteiger partial charge is 0.504 e. The predicted molar refractivity (Wildman–Crippen MR) is 63.6 cm³/mol. The summed E-state index contributed by atoms with van der Waals surface area (Å²) in [4.78, 5) is 24.2. The maximum Gasteiger partial charge on any atom is 0.412 e. The first-order chi connectivity index (χ1) is 8.45. The van der Waals surface area contributed by atoms with E-state index in [1.54, 1.807) is 6.92 Å². The standard InChI is InChI=1S/C12H13NO5/c1-6-3-9(14)7-4-11(18-2)10(15)5-8(7)13(6)12(16)17/h4-6,15H,3H2,1-2H3,(H,16,17). The SMILES string of the molecule is COc1cc2c(cc1O)N(C(=O)O)C(C)CC2=O. The molecule has 96 valence electrons. The Morgan fingerprint density at radius 2 is 2.17 bits per heavy atom. The van der Waals surface area contributed by atoms with Crippen LogP contribution in [-0.4, -0.2) is 35.2 Å². The summed E-state index contributed by atoms with van der Waals surface area (Å²) in [6.07, 6.45) is -1.03. The average molecular weight is 251 g/mol. The second-order valence-corrected chi connectivity index (χ2v) is 4.17. The van der Waals surface area contributed by atoms with Crippen LogP contribution >= 0.6 is 0 Å². The fourth-order valence-corrected chi connectivity index (χ4v) is 2.14. The Morgan fingerprint density at radius 1 is 1.50 bits per heavy atom. The number of amides is 1. The second kappa shape index (κ2) is 4.21. The number of hydrogen-bond donors (Lipinski definition) is 2. The zero-order valence-electron chi connectivity index (χ0n) is 10.0. The van der Waals surface area contributed by atoms with E-state index in [1.807, 2.05) is 0 Å². The molecule has 0 bridgehead atoms. The summed E-state index contributed by atoms with van der Waals surface area (Å²) in [5.41, 5.74) is 0.453. The highest BCUT2D eigenvalue weighted by Crippen LogP contribution is 2.38. The lowest BCUT2D eigenvalue weighted by molar-refractivity contribution is 0.0968. The Kier molecular flexibility index (Phi) is 2.86. The zero-order valence-corrected chi connectivity index (χ0v) is 10.0. The van der Waals surface area contributed by atoms with Crippen molar-refractivity contribution in [2.75, 3.05) is 12.0 Å². The number of fused-ring (bicyclic) bond motifs is 1. The molecule has 0 aromatic heterocycles. The molecule has 1 aromatic carbocycles. The number of carbonyl (C=O) groups is 2. The predicted octanol–water partition coefficient (Wildman–Crippen LogP) is 1.86. The first-order valence-corrected chi connectivity index (χ1v) is 5.42. The molecule has 0 radical (unpaired) electrons. The molecule has 6 nitrogen and oxygen atoms in total. The topological polar surface area (TPSA) is 87.1 Å². The number of methoxy groups -OCH3 is 1. The number of nitrogens with zero attached hydrogens (tertiary/aromatic N) is 1. The van der Waals surface area contributed by atoms with Gasteiger partial charge in [-0.1, -0.05) is 0 Å². The molecule has 1 aliphatic rings. The summed E-state index contributed by atoms with van der Waals surface area (Å²) in [5.74, 6) is -0.195. The van der Waals surface area contributed by atoms with Gasteiger partial charge in [-0.05, 0) is 13.0 Å². The smallest absolute Gasteiger partial charge is 0.412 e. The fraction of sp³-hybridized carbons (Fsp3) is 0.333. The highest BCUT2D eigenvalue weighted by Gasteiger charge is 2.33. The Labute approximate surface area is 103 Å². The van der Waals surface area contributed by atoms with Crippen LogP contribution in [0.25, 0.3) is 0 Å². The molecule has 0 fully saturated rings. The zero-order chi connectivity index (χ0) is 13.4. The number of carboxylic acid groups (broad SMARTS) is 1. The maximum absolute atomic E-state index is 11.9. The van der Waals surface area contributed by atoms with Crippen molar-refractivity contribution in [3.05, 3.63) is 17.7 Å². The lowest BCUT2D eigenvalue weighted by Crippen LogP contribution is -2.43. The summed E-state index contributed by atoms with van der Waals surface area (Å²) in [5, 5.41) is 18.8. The molecule has 0 saturated carbocycles. The highest BCUT2D eigenvalue weighted by atomic mass is 16.5. The third-order valence-electron chi connectivity index (χ3n) is 2.98. The van der Waals surface area contributed by atoms with E-state index in [1.165, 1.54) is 19.2 Å². The lowest BCUT2D eigenvalue weighted by Gasteiger charge is -2.32. The molecule has 0 spiro atoms. The van der Waals surface area contributed by atoms with Gasteiger partial charge in [0.2, 0.25) is 0 Å². The van der Waals surface area contributed by atoms with Crippen molar-refractivity contribution < 1.29 is 24.5 Å². The van der Waals surface area contributed by atoms with Gasteiger partial charge < -0.3 is 14.9 Å². The quantitative estimate of drug-likeness (QED) is 0.795. The van der Waals surface area contributed by atoms with Gasteiger partial charge in [0.15, 0.2) is 17.3 Å². The summed E-state index contributed by atoms with van der Waals surface area (Å²) in [7, 11) is 1.37. The van der Waals surface area contributed by atoms with Crippen LogP contribution in [0.4, 0.5) is 10.5 Å². The van der Waals surface area contributed by atoms with Crippen molar-refractivity contribution in [2.45, 2.75) is 19.4 Å². The molecule has 1 aliphatic heterocycles. The number of phenolic OH excluding ortho intramolecular Hbond substituents is 1. The van der Waals surface area contributed by atoms with Crippen molar-refractivity contribution in [2.24, 2.45) is 0 Å². The van der Waals surface area contributed by atoms with Crippen LogP contribution in [-0.2, 0) is 0 Å². The highest BCUT2D eigenvalue weighted by molar-refractivity contribution is 6.08. The van der Waals surface area contributed by atoms with Crippen LogP contribution in [0.15, 0.2) is 12.1 Å². The molecule has 18 heavy (non-hydrogen) atoms. The molecule has 0 saturated heterocycles. The number of aromatic hydroxyl groups is 1. The van der Waals surface area contributed by atoms with E-state index in [4.69, 9.17) is 9.84 Å². The van der Waals surface area contributed by atoms with Crippen molar-refractivity contribution >= 4 is 17.6 Å². The number of rotatable bonds is 1. The number of ketones is 1. The molecule has 1 atom stereocenters. The minimum atomic E-state index is -1.15. The second-order valence-electron chi connectivity index (χ2n) is 4.17. The molecular weight excluding hydrogens is 238 g/mol. The maximum atomic E-state index is 11.9. The van der Waals surface area contributed by atoms with Crippen molar-refractivity contribution in [3.63, 3.8) is 0 Å². The molecular formula is C12H13NO5. The van der Waals surface area contributed by atoms with Crippen molar-refractivity contribution in [1.82, 2.24) is 0 Å². The van der Waals surface area contributed by atoms with Crippen LogP contribution in [0.1, 0.15) is 23.7 Å². The van der Waals surface area contributed by atoms with Crippen LogP contribution in [0.2, 0.25) is 0 Å².